The molecule has 14 heteroatoms. The van der Waals surface area contributed by atoms with Gasteiger partial charge in [-0.15, -0.1) is 5.10 Å². The number of nitrogens with zero attached hydrogens (tertiary/aromatic N) is 7. The van der Waals surface area contributed by atoms with E-state index in [1.54, 1.807) is 12.1 Å². The van der Waals surface area contributed by atoms with Crippen molar-refractivity contribution in [2.45, 2.75) is 25.0 Å². The van der Waals surface area contributed by atoms with Gasteiger partial charge in [-0.3, -0.25) is 0 Å². The second-order valence-electron chi connectivity index (χ2n) is 8.60. The number of carbonyl (C=O) groups excluding carboxylic acids is 1. The van der Waals surface area contributed by atoms with Crippen LogP contribution in [0.1, 0.15) is 24.1 Å². The summed E-state index contributed by atoms with van der Waals surface area (Å²) in [4.78, 5) is 22.3. The maximum atomic E-state index is 11.4. The second kappa shape index (κ2) is 10.3. The molecule has 190 valence electrons. The molecule has 0 bridgehead atoms. The second-order valence-corrected chi connectivity index (χ2v) is 8.98. The maximum Gasteiger partial charge on any atom is 0.406 e. The molecule has 3 aromatic rings. The highest BCUT2D eigenvalue weighted by molar-refractivity contribution is 6.36. The molecule has 2 aliphatic rings. The van der Waals surface area contributed by atoms with Gasteiger partial charge in [0.15, 0.2) is 17.2 Å². The number of imidazole rings is 1. The molecule has 1 aromatic carbocycles. The van der Waals surface area contributed by atoms with Crippen molar-refractivity contribution in [1.82, 2.24) is 24.9 Å². The number of carbonyl (C=O) groups is 1. The summed E-state index contributed by atoms with van der Waals surface area (Å²) < 4.78 is 11.8. The van der Waals surface area contributed by atoms with Crippen LogP contribution in [-0.4, -0.2) is 71.2 Å². The van der Waals surface area contributed by atoms with Gasteiger partial charge < -0.3 is 30.3 Å². The number of methoxy groups -OCH3 is 1. The molecular weight excluding hydrogens is 500 g/mol. The van der Waals surface area contributed by atoms with E-state index < -0.39 is 6.09 Å². The number of halogens is 1. The van der Waals surface area contributed by atoms with Crippen LogP contribution < -0.4 is 20.9 Å². The van der Waals surface area contributed by atoms with Crippen LogP contribution in [0.25, 0.3) is 5.65 Å². The van der Waals surface area contributed by atoms with Crippen molar-refractivity contribution < 1.29 is 14.3 Å². The standard InChI is InChI=1S/C23H23ClN10O3/c1-36-23(35)28-11-16-12-33(4-5-37-16)18-7-13(8-25)6-17(19(18)24)30-22-31-20(29-14-2-3-14)21-27-10-15(9-26)34(21)32-22/h6-7,10,14,16H,2-5,11-12H2,1H3,(H,28,35)(H2,29,30,31,32). The number of amides is 1. The van der Waals surface area contributed by atoms with Crippen molar-refractivity contribution in [1.29, 1.82) is 10.5 Å². The van der Waals surface area contributed by atoms with Gasteiger partial charge in [-0.25, -0.2) is 9.78 Å². The molecular formula is C23H23ClN10O3. The van der Waals surface area contributed by atoms with Gasteiger partial charge in [0, 0.05) is 25.7 Å². The molecule has 3 N–H and O–H groups in total. The van der Waals surface area contributed by atoms with Gasteiger partial charge in [-0.2, -0.15) is 20.0 Å². The summed E-state index contributed by atoms with van der Waals surface area (Å²) in [7, 11) is 1.30. The molecule has 1 atom stereocenters. The highest BCUT2D eigenvalue weighted by atomic mass is 35.5. The molecule has 2 fully saturated rings. The van der Waals surface area contributed by atoms with Crippen LogP contribution in [0.5, 0.6) is 0 Å². The zero-order valence-electron chi connectivity index (χ0n) is 19.9. The molecule has 13 nitrogen and oxygen atoms in total. The average Bonchev–Trinajstić information content (AvgIpc) is 3.64. The first-order valence-corrected chi connectivity index (χ1v) is 12.0. The topological polar surface area (TPSA) is 166 Å². The van der Waals surface area contributed by atoms with Crippen molar-refractivity contribution in [3.05, 3.63) is 34.6 Å². The van der Waals surface area contributed by atoms with Gasteiger partial charge in [-0.05, 0) is 25.0 Å². The lowest BCUT2D eigenvalue weighted by atomic mass is 10.1. The predicted octanol–water partition coefficient (Wildman–Crippen LogP) is 2.40. The highest BCUT2D eigenvalue weighted by Crippen LogP contribution is 2.37. The molecule has 0 spiro atoms. The first-order chi connectivity index (χ1) is 18.0. The number of benzene rings is 1. The Hall–Kier alpha value is -4.33. The fraction of sp³-hybridized carbons (Fsp3) is 0.391. The van der Waals surface area contributed by atoms with Crippen molar-refractivity contribution in [2.75, 3.05) is 48.9 Å². The molecule has 1 aliphatic carbocycles. The van der Waals surface area contributed by atoms with E-state index in [0.717, 1.165) is 12.8 Å². The highest BCUT2D eigenvalue weighted by Gasteiger charge is 2.26. The number of anilines is 4. The fourth-order valence-corrected chi connectivity index (χ4v) is 4.25. The maximum absolute atomic E-state index is 11.4. The van der Waals surface area contributed by atoms with E-state index in [1.807, 2.05) is 4.90 Å². The van der Waals surface area contributed by atoms with Gasteiger partial charge in [0.1, 0.15) is 6.07 Å². The number of rotatable bonds is 7. The number of hydrogen-bond donors (Lipinski definition) is 3. The zero-order valence-corrected chi connectivity index (χ0v) is 20.6. The number of morpholine rings is 1. The molecule has 1 unspecified atom stereocenters. The Morgan fingerprint density at radius 3 is 2.89 bits per heavy atom. The van der Waals surface area contributed by atoms with Crippen molar-refractivity contribution >= 4 is 46.5 Å². The number of aromatic nitrogens is 4. The minimum Gasteiger partial charge on any atom is -0.453 e. The monoisotopic (exact) mass is 522 g/mol. The van der Waals surface area contributed by atoms with Crippen molar-refractivity contribution in [3.8, 4) is 12.1 Å². The van der Waals surface area contributed by atoms with Crippen molar-refractivity contribution in [3.63, 3.8) is 0 Å². The number of fused-ring (bicyclic) bond motifs is 1. The average molecular weight is 523 g/mol. The van der Waals surface area contributed by atoms with E-state index in [-0.39, 0.29) is 24.3 Å². The predicted molar refractivity (Wildman–Crippen MR) is 134 cm³/mol. The summed E-state index contributed by atoms with van der Waals surface area (Å²) in [6.07, 6.45) is 2.66. The summed E-state index contributed by atoms with van der Waals surface area (Å²) in [5.74, 6) is 0.693. The first-order valence-electron chi connectivity index (χ1n) is 11.6. The minimum atomic E-state index is -0.540. The van der Waals surface area contributed by atoms with E-state index >= 15 is 0 Å². The van der Waals surface area contributed by atoms with E-state index in [9.17, 15) is 15.3 Å². The quantitative estimate of drug-likeness (QED) is 0.417. The number of alkyl carbamates (subject to hydrolysis) is 1. The van der Waals surface area contributed by atoms with Crippen LogP contribution in [0.3, 0.4) is 0 Å². The molecule has 5 rings (SSSR count). The third-order valence-electron chi connectivity index (χ3n) is 5.96. The molecule has 1 amide bonds. The number of nitrogens with one attached hydrogen (secondary N) is 3. The first kappa shape index (κ1) is 24.4. The SMILES string of the molecule is COC(=O)NCC1CN(c2cc(C#N)cc(Nc3nc(NC4CC4)c4ncc(C#N)n4n3)c2Cl)CCO1. The van der Waals surface area contributed by atoms with Gasteiger partial charge in [0.05, 0.1) is 54.0 Å². The van der Waals surface area contributed by atoms with Crippen LogP contribution in [-0.2, 0) is 9.47 Å². The Balaban J connectivity index is 1.45. The largest absolute Gasteiger partial charge is 0.453 e. The van der Waals surface area contributed by atoms with Crippen molar-refractivity contribution in [2.24, 2.45) is 0 Å². The number of hydrogen-bond acceptors (Lipinski definition) is 11. The van der Waals surface area contributed by atoms with Crippen LogP contribution in [0, 0.1) is 22.7 Å². The van der Waals surface area contributed by atoms with Crippen LogP contribution >= 0.6 is 11.6 Å². The van der Waals surface area contributed by atoms with Gasteiger partial charge in [0.25, 0.3) is 0 Å². The summed E-state index contributed by atoms with van der Waals surface area (Å²) in [5, 5.41) is 33.0. The summed E-state index contributed by atoms with van der Waals surface area (Å²) in [6.45, 7) is 1.66. The Morgan fingerprint density at radius 1 is 1.32 bits per heavy atom. The number of nitriles is 2. The normalized spacial score (nSPS) is 17.1. The Bertz CT molecular complexity index is 1420. The third kappa shape index (κ3) is 5.28. The molecule has 0 radical (unpaired) electrons. The lowest BCUT2D eigenvalue weighted by Gasteiger charge is -2.35. The van der Waals surface area contributed by atoms with E-state index in [0.29, 0.717) is 59.2 Å². The molecule has 3 heterocycles. The van der Waals surface area contributed by atoms with Gasteiger partial charge >= 0.3 is 6.09 Å². The molecule has 1 saturated heterocycles. The van der Waals surface area contributed by atoms with E-state index in [2.05, 4.69) is 47.9 Å². The molecule has 2 aromatic heterocycles. The van der Waals surface area contributed by atoms with E-state index in [4.69, 9.17) is 16.3 Å². The van der Waals surface area contributed by atoms with E-state index in [1.165, 1.54) is 17.8 Å². The summed E-state index contributed by atoms with van der Waals surface area (Å²) in [6, 6.07) is 7.86. The Kier molecular flexibility index (Phi) is 6.81. The Morgan fingerprint density at radius 2 is 2.16 bits per heavy atom. The van der Waals surface area contributed by atoms with Crippen LogP contribution in [0.2, 0.25) is 5.02 Å². The minimum absolute atomic E-state index is 0.190. The lowest BCUT2D eigenvalue weighted by molar-refractivity contribution is 0.0404. The Labute approximate surface area is 216 Å². The summed E-state index contributed by atoms with van der Waals surface area (Å²) in [5.41, 5.74) is 2.16. The third-order valence-corrected chi connectivity index (χ3v) is 6.36. The number of ether oxygens (including phenoxy) is 2. The van der Waals surface area contributed by atoms with Gasteiger partial charge in [0.2, 0.25) is 5.95 Å². The van der Waals surface area contributed by atoms with Gasteiger partial charge in [-0.1, -0.05) is 11.6 Å². The fourth-order valence-electron chi connectivity index (χ4n) is 3.97. The smallest absolute Gasteiger partial charge is 0.406 e. The van der Waals surface area contributed by atoms with Crippen LogP contribution in [0.4, 0.5) is 27.9 Å². The molecule has 37 heavy (non-hydrogen) atoms. The molecule has 1 aliphatic heterocycles. The molecule has 1 saturated carbocycles. The zero-order chi connectivity index (χ0) is 25.9. The van der Waals surface area contributed by atoms with Crippen LogP contribution in [0.15, 0.2) is 18.3 Å². The lowest BCUT2D eigenvalue weighted by Crippen LogP contribution is -2.47. The summed E-state index contributed by atoms with van der Waals surface area (Å²) >= 11 is 6.82.